The smallest absolute Gasteiger partial charge is 0.191 e. The normalized spacial score (nSPS) is 11.4. The summed E-state index contributed by atoms with van der Waals surface area (Å²) >= 11 is 0. The summed E-state index contributed by atoms with van der Waals surface area (Å²) in [4.78, 5) is 6.47. The molecule has 0 aliphatic carbocycles. The van der Waals surface area contributed by atoms with Crippen molar-refractivity contribution in [1.29, 1.82) is 0 Å². The molecule has 0 amide bonds. The summed E-state index contributed by atoms with van der Waals surface area (Å²) in [5.74, 6) is 1.70. The number of rotatable bonds is 8. The van der Waals surface area contributed by atoms with E-state index in [0.29, 0.717) is 0 Å². The number of aryl methyl sites for hydroxylation is 2. The molecule has 0 unspecified atom stereocenters. The first-order valence-electron chi connectivity index (χ1n) is 5.94. The van der Waals surface area contributed by atoms with Gasteiger partial charge in [-0.3, -0.25) is 4.90 Å². The van der Waals surface area contributed by atoms with Gasteiger partial charge in [0.1, 0.15) is 5.76 Å². The number of oxazole rings is 1. The number of methoxy groups -OCH3 is 1. The van der Waals surface area contributed by atoms with Gasteiger partial charge in [-0.15, -0.1) is 0 Å². The van der Waals surface area contributed by atoms with Crippen molar-refractivity contribution in [3.8, 4) is 0 Å². The molecular formula is C12H23N3O2. The molecule has 0 atom stereocenters. The van der Waals surface area contributed by atoms with E-state index in [9.17, 15) is 0 Å². The monoisotopic (exact) mass is 241 g/mol. The Bertz CT molecular complexity index is 326. The molecule has 5 heteroatoms. The standard InChI is InChI=1S/C12H23N3O2/c1-10-12(17-11(2)14-10)9-15(3)7-5-13-6-8-16-4/h13H,5-9H2,1-4H3. The Hall–Kier alpha value is -0.910. The van der Waals surface area contributed by atoms with E-state index in [-0.39, 0.29) is 0 Å². The van der Waals surface area contributed by atoms with Crippen LogP contribution in [-0.4, -0.2) is 50.3 Å². The Labute approximate surface area is 103 Å². The second-order valence-electron chi connectivity index (χ2n) is 4.22. The maximum Gasteiger partial charge on any atom is 0.191 e. The van der Waals surface area contributed by atoms with Crippen LogP contribution >= 0.6 is 0 Å². The molecule has 0 aliphatic heterocycles. The Kier molecular flexibility index (Phi) is 6.18. The van der Waals surface area contributed by atoms with Crippen LogP contribution in [0, 0.1) is 13.8 Å². The van der Waals surface area contributed by atoms with E-state index in [2.05, 4.69) is 22.2 Å². The summed E-state index contributed by atoms with van der Waals surface area (Å²) in [6.07, 6.45) is 0. The van der Waals surface area contributed by atoms with Crippen LogP contribution in [0.1, 0.15) is 17.3 Å². The van der Waals surface area contributed by atoms with Crippen LogP contribution < -0.4 is 5.32 Å². The zero-order valence-electron chi connectivity index (χ0n) is 11.2. The van der Waals surface area contributed by atoms with Crippen molar-refractivity contribution in [1.82, 2.24) is 15.2 Å². The SMILES string of the molecule is COCCNCCN(C)Cc1oc(C)nc1C. The molecule has 0 saturated heterocycles. The molecule has 1 N–H and O–H groups in total. The van der Waals surface area contributed by atoms with Crippen LogP contribution in [0.3, 0.4) is 0 Å². The predicted octanol–water partition coefficient (Wildman–Crippen LogP) is 0.959. The molecule has 0 bridgehead atoms. The van der Waals surface area contributed by atoms with Crippen LogP contribution in [0.5, 0.6) is 0 Å². The van der Waals surface area contributed by atoms with Gasteiger partial charge >= 0.3 is 0 Å². The van der Waals surface area contributed by atoms with Crippen LogP contribution in [0.25, 0.3) is 0 Å². The summed E-state index contributed by atoms with van der Waals surface area (Å²) in [5, 5.41) is 3.31. The van der Waals surface area contributed by atoms with E-state index in [1.165, 1.54) is 0 Å². The van der Waals surface area contributed by atoms with Gasteiger partial charge in [-0.05, 0) is 14.0 Å². The number of nitrogens with one attached hydrogen (secondary N) is 1. The van der Waals surface area contributed by atoms with Crippen molar-refractivity contribution in [2.45, 2.75) is 20.4 Å². The molecule has 1 rings (SSSR count). The van der Waals surface area contributed by atoms with Crippen LogP contribution in [-0.2, 0) is 11.3 Å². The van der Waals surface area contributed by atoms with Gasteiger partial charge in [-0.25, -0.2) is 4.98 Å². The third-order valence-electron chi connectivity index (χ3n) is 2.57. The fourth-order valence-corrected chi connectivity index (χ4v) is 1.61. The lowest BCUT2D eigenvalue weighted by Crippen LogP contribution is -2.30. The fourth-order valence-electron chi connectivity index (χ4n) is 1.61. The summed E-state index contributed by atoms with van der Waals surface area (Å²) in [6, 6.07) is 0. The van der Waals surface area contributed by atoms with Crippen molar-refractivity contribution in [2.75, 3.05) is 40.4 Å². The molecule has 98 valence electrons. The zero-order chi connectivity index (χ0) is 12.7. The Balaban J connectivity index is 2.20. The molecule has 1 heterocycles. The molecule has 1 aromatic heterocycles. The Morgan fingerprint density at radius 2 is 2.12 bits per heavy atom. The lowest BCUT2D eigenvalue weighted by molar-refractivity contribution is 0.197. The van der Waals surface area contributed by atoms with E-state index in [1.807, 2.05) is 13.8 Å². The summed E-state index contributed by atoms with van der Waals surface area (Å²) in [7, 11) is 3.79. The summed E-state index contributed by atoms with van der Waals surface area (Å²) in [6.45, 7) is 8.24. The largest absolute Gasteiger partial charge is 0.444 e. The highest BCUT2D eigenvalue weighted by atomic mass is 16.5. The summed E-state index contributed by atoms with van der Waals surface area (Å²) < 4.78 is 10.5. The quantitative estimate of drug-likeness (QED) is 0.687. The van der Waals surface area contributed by atoms with Gasteiger partial charge in [0.25, 0.3) is 0 Å². The van der Waals surface area contributed by atoms with Gasteiger partial charge in [-0.2, -0.15) is 0 Å². The second kappa shape index (κ2) is 7.42. The van der Waals surface area contributed by atoms with Gasteiger partial charge in [0, 0.05) is 33.7 Å². The highest BCUT2D eigenvalue weighted by Crippen LogP contribution is 2.10. The molecule has 0 saturated carbocycles. The van der Waals surface area contributed by atoms with Crippen LogP contribution in [0.15, 0.2) is 4.42 Å². The Morgan fingerprint density at radius 1 is 1.35 bits per heavy atom. The molecule has 0 fully saturated rings. The first kappa shape index (κ1) is 14.2. The van der Waals surface area contributed by atoms with Crippen molar-refractivity contribution in [2.24, 2.45) is 0 Å². The number of ether oxygens (including phenoxy) is 1. The van der Waals surface area contributed by atoms with Gasteiger partial charge in [0.15, 0.2) is 5.89 Å². The lowest BCUT2D eigenvalue weighted by Gasteiger charge is -2.15. The zero-order valence-corrected chi connectivity index (χ0v) is 11.2. The summed E-state index contributed by atoms with van der Waals surface area (Å²) in [5.41, 5.74) is 0.988. The van der Waals surface area contributed by atoms with Crippen molar-refractivity contribution < 1.29 is 9.15 Å². The molecule has 5 nitrogen and oxygen atoms in total. The second-order valence-corrected chi connectivity index (χ2v) is 4.22. The van der Waals surface area contributed by atoms with E-state index in [4.69, 9.17) is 9.15 Å². The number of hydrogen-bond donors (Lipinski definition) is 1. The molecule has 0 spiro atoms. The highest BCUT2D eigenvalue weighted by molar-refractivity contribution is 5.06. The van der Waals surface area contributed by atoms with Gasteiger partial charge in [0.05, 0.1) is 18.8 Å². The topological polar surface area (TPSA) is 50.5 Å². The number of hydrogen-bond acceptors (Lipinski definition) is 5. The average Bonchev–Trinajstić information content (AvgIpc) is 2.57. The minimum Gasteiger partial charge on any atom is -0.444 e. The molecule has 0 radical (unpaired) electrons. The lowest BCUT2D eigenvalue weighted by atomic mass is 10.3. The molecule has 0 aliphatic rings. The number of likely N-dealkylation sites (N-methyl/N-ethyl adjacent to an activating group) is 1. The maximum absolute atomic E-state index is 5.54. The van der Waals surface area contributed by atoms with Gasteiger partial charge in [-0.1, -0.05) is 0 Å². The number of nitrogens with zero attached hydrogens (tertiary/aromatic N) is 2. The maximum atomic E-state index is 5.54. The fraction of sp³-hybridized carbons (Fsp3) is 0.750. The number of aromatic nitrogens is 1. The Morgan fingerprint density at radius 3 is 2.71 bits per heavy atom. The third-order valence-corrected chi connectivity index (χ3v) is 2.57. The third kappa shape index (κ3) is 5.30. The first-order valence-corrected chi connectivity index (χ1v) is 5.94. The van der Waals surface area contributed by atoms with Gasteiger partial charge in [0.2, 0.25) is 0 Å². The molecule has 1 aromatic rings. The predicted molar refractivity (Wildman–Crippen MR) is 67.1 cm³/mol. The molecule has 17 heavy (non-hydrogen) atoms. The van der Waals surface area contributed by atoms with Crippen molar-refractivity contribution >= 4 is 0 Å². The van der Waals surface area contributed by atoms with Crippen molar-refractivity contribution in [3.05, 3.63) is 17.3 Å². The molecule has 0 aromatic carbocycles. The van der Waals surface area contributed by atoms with Gasteiger partial charge < -0.3 is 14.5 Å². The van der Waals surface area contributed by atoms with Crippen LogP contribution in [0.4, 0.5) is 0 Å². The highest BCUT2D eigenvalue weighted by Gasteiger charge is 2.09. The van der Waals surface area contributed by atoms with E-state index in [0.717, 1.165) is 50.1 Å². The molecular weight excluding hydrogens is 218 g/mol. The van der Waals surface area contributed by atoms with E-state index >= 15 is 0 Å². The van der Waals surface area contributed by atoms with Crippen LogP contribution in [0.2, 0.25) is 0 Å². The minimum atomic E-state index is 0.740. The van der Waals surface area contributed by atoms with E-state index < -0.39 is 0 Å². The minimum absolute atomic E-state index is 0.740. The first-order chi connectivity index (χ1) is 8.13. The average molecular weight is 241 g/mol. The van der Waals surface area contributed by atoms with Crippen molar-refractivity contribution in [3.63, 3.8) is 0 Å². The van der Waals surface area contributed by atoms with E-state index in [1.54, 1.807) is 7.11 Å².